The molecule has 0 fully saturated rings. The van der Waals surface area contributed by atoms with E-state index in [1.54, 1.807) is 13.3 Å². The molecule has 152 valence electrons. The summed E-state index contributed by atoms with van der Waals surface area (Å²) in [6.45, 7) is 0. The van der Waals surface area contributed by atoms with Gasteiger partial charge in [-0.3, -0.25) is 19.7 Å². The molecule has 2 amide bonds. The number of benzene rings is 2. The highest BCUT2D eigenvalue weighted by Gasteiger charge is 2.35. The molecule has 0 spiro atoms. The number of hydrogen-bond donors (Lipinski definition) is 2. The van der Waals surface area contributed by atoms with Gasteiger partial charge in [-0.25, -0.2) is 4.68 Å². The second-order valence-corrected chi connectivity index (χ2v) is 6.64. The molecule has 3 aromatic rings. The molecule has 1 atom stereocenters. The number of carbonyl (C=O) groups is 2. The average molecular weight is 407 g/mol. The second kappa shape index (κ2) is 7.66. The van der Waals surface area contributed by atoms with E-state index in [0.717, 1.165) is 11.1 Å². The largest absolute Gasteiger partial charge is 0.497 e. The summed E-state index contributed by atoms with van der Waals surface area (Å²) in [5.41, 5.74) is 1.93. The first-order valence-corrected chi connectivity index (χ1v) is 9.03. The number of hydrogen-bond acceptors (Lipinski definition) is 6. The molecule has 10 nitrogen and oxygen atoms in total. The van der Waals surface area contributed by atoms with Gasteiger partial charge in [-0.1, -0.05) is 12.1 Å². The van der Waals surface area contributed by atoms with E-state index in [1.807, 2.05) is 24.3 Å². The first-order chi connectivity index (χ1) is 14.5. The van der Waals surface area contributed by atoms with Gasteiger partial charge in [0.15, 0.2) is 0 Å². The van der Waals surface area contributed by atoms with Crippen LogP contribution in [0, 0.1) is 10.1 Å². The second-order valence-electron chi connectivity index (χ2n) is 6.64. The Morgan fingerprint density at radius 3 is 2.57 bits per heavy atom. The number of nitrogens with one attached hydrogen (secondary N) is 2. The lowest BCUT2D eigenvalue weighted by molar-refractivity contribution is -0.384. The first-order valence-electron chi connectivity index (χ1n) is 9.03. The Kier molecular flexibility index (Phi) is 4.88. The minimum atomic E-state index is -0.787. The number of non-ortho nitro benzene ring substituents is 1. The standard InChI is InChI=1S/C20H17N5O5/c1-30-15-8-2-12(3-9-15)16-11-21-24-17(20(27)23-19(16)24)10-18(26)22-13-4-6-14(7-5-13)25(28)29/h2-9,11,17H,10H2,1H3,(H,22,26)(H,23,27). The number of ether oxygens (including phenoxy) is 1. The maximum absolute atomic E-state index is 12.4. The third kappa shape index (κ3) is 3.58. The Morgan fingerprint density at radius 2 is 1.93 bits per heavy atom. The van der Waals surface area contributed by atoms with Gasteiger partial charge in [0.2, 0.25) is 5.91 Å². The van der Waals surface area contributed by atoms with Crippen LogP contribution >= 0.6 is 0 Å². The quantitative estimate of drug-likeness (QED) is 0.477. The average Bonchev–Trinajstić information content (AvgIpc) is 3.28. The van der Waals surface area contributed by atoms with Gasteiger partial charge in [0, 0.05) is 23.4 Å². The smallest absolute Gasteiger partial charge is 0.269 e. The van der Waals surface area contributed by atoms with E-state index < -0.39 is 16.9 Å². The van der Waals surface area contributed by atoms with Crippen molar-refractivity contribution in [3.63, 3.8) is 0 Å². The van der Waals surface area contributed by atoms with E-state index in [1.165, 1.54) is 28.9 Å². The van der Waals surface area contributed by atoms with Crippen LogP contribution < -0.4 is 15.4 Å². The molecule has 0 radical (unpaired) electrons. The van der Waals surface area contributed by atoms with Crippen LogP contribution in [0.2, 0.25) is 0 Å². The molecule has 2 heterocycles. The monoisotopic (exact) mass is 407 g/mol. The Morgan fingerprint density at radius 1 is 1.23 bits per heavy atom. The lowest BCUT2D eigenvalue weighted by Gasteiger charge is -2.09. The number of anilines is 2. The zero-order chi connectivity index (χ0) is 21.3. The lowest BCUT2D eigenvalue weighted by Crippen LogP contribution is -2.23. The summed E-state index contributed by atoms with van der Waals surface area (Å²) >= 11 is 0. The first kappa shape index (κ1) is 19.1. The minimum Gasteiger partial charge on any atom is -0.497 e. The SMILES string of the molecule is COc1ccc(-c2cnn3c2NC(=O)C3CC(=O)Nc2ccc([N+](=O)[O-])cc2)cc1. The van der Waals surface area contributed by atoms with Crippen LogP contribution in [0.3, 0.4) is 0 Å². The number of amides is 2. The van der Waals surface area contributed by atoms with Crippen molar-refractivity contribution in [1.82, 2.24) is 9.78 Å². The maximum atomic E-state index is 12.4. The molecule has 4 rings (SSSR count). The summed E-state index contributed by atoms with van der Waals surface area (Å²) in [7, 11) is 1.58. The van der Waals surface area contributed by atoms with Crippen LogP contribution in [0.4, 0.5) is 17.2 Å². The van der Waals surface area contributed by atoms with Gasteiger partial charge in [-0.15, -0.1) is 0 Å². The number of nitro groups is 1. The summed E-state index contributed by atoms with van der Waals surface area (Å²) < 4.78 is 6.65. The third-order valence-electron chi connectivity index (χ3n) is 4.78. The van der Waals surface area contributed by atoms with Crippen molar-refractivity contribution >= 4 is 29.0 Å². The van der Waals surface area contributed by atoms with E-state index in [2.05, 4.69) is 15.7 Å². The molecule has 10 heteroatoms. The molecule has 2 N–H and O–H groups in total. The van der Waals surface area contributed by atoms with Gasteiger partial charge in [-0.2, -0.15) is 5.10 Å². The van der Waals surface area contributed by atoms with Gasteiger partial charge >= 0.3 is 0 Å². The summed E-state index contributed by atoms with van der Waals surface area (Å²) in [6, 6.07) is 12.0. The van der Waals surface area contributed by atoms with E-state index in [9.17, 15) is 19.7 Å². The van der Waals surface area contributed by atoms with Crippen molar-refractivity contribution in [3.8, 4) is 16.9 Å². The highest BCUT2D eigenvalue weighted by atomic mass is 16.6. The Hall–Kier alpha value is -4.21. The van der Waals surface area contributed by atoms with E-state index >= 15 is 0 Å². The topological polar surface area (TPSA) is 128 Å². The van der Waals surface area contributed by atoms with Crippen LogP contribution in [0.25, 0.3) is 11.1 Å². The fourth-order valence-corrected chi connectivity index (χ4v) is 3.25. The van der Waals surface area contributed by atoms with Gasteiger partial charge in [0.1, 0.15) is 17.6 Å². The zero-order valence-corrected chi connectivity index (χ0v) is 15.9. The number of nitro benzene ring substituents is 1. The van der Waals surface area contributed by atoms with Crippen LogP contribution in [-0.4, -0.2) is 33.6 Å². The number of fused-ring (bicyclic) bond motifs is 1. The summed E-state index contributed by atoms with van der Waals surface area (Å²) in [6.07, 6.45) is 1.51. The molecule has 0 aliphatic carbocycles. The number of aromatic nitrogens is 2. The molecule has 1 aliphatic heterocycles. The summed E-state index contributed by atoms with van der Waals surface area (Å²) in [5, 5.41) is 20.4. The minimum absolute atomic E-state index is 0.0737. The number of methoxy groups -OCH3 is 1. The Labute approximate surface area is 170 Å². The van der Waals surface area contributed by atoms with Crippen molar-refractivity contribution in [3.05, 3.63) is 64.8 Å². The van der Waals surface area contributed by atoms with Gasteiger partial charge in [0.25, 0.3) is 11.6 Å². The molecule has 0 bridgehead atoms. The van der Waals surface area contributed by atoms with Crippen LogP contribution in [-0.2, 0) is 9.59 Å². The van der Waals surface area contributed by atoms with Crippen molar-refractivity contribution in [2.75, 3.05) is 17.7 Å². The highest BCUT2D eigenvalue weighted by Crippen LogP contribution is 2.36. The van der Waals surface area contributed by atoms with Crippen molar-refractivity contribution in [2.24, 2.45) is 0 Å². The van der Waals surface area contributed by atoms with Gasteiger partial charge < -0.3 is 15.4 Å². The molecule has 0 saturated heterocycles. The third-order valence-corrected chi connectivity index (χ3v) is 4.78. The predicted molar refractivity (Wildman–Crippen MR) is 108 cm³/mol. The summed E-state index contributed by atoms with van der Waals surface area (Å²) in [5.74, 6) is 0.510. The molecule has 0 saturated carbocycles. The normalized spacial score (nSPS) is 14.7. The van der Waals surface area contributed by atoms with Crippen molar-refractivity contribution < 1.29 is 19.2 Å². The zero-order valence-electron chi connectivity index (χ0n) is 15.9. The van der Waals surface area contributed by atoms with Gasteiger partial charge in [0.05, 0.1) is 24.7 Å². The van der Waals surface area contributed by atoms with Gasteiger partial charge in [-0.05, 0) is 29.8 Å². The maximum Gasteiger partial charge on any atom is 0.269 e. The van der Waals surface area contributed by atoms with E-state index in [4.69, 9.17) is 4.74 Å². The number of rotatable bonds is 6. The highest BCUT2D eigenvalue weighted by molar-refractivity contribution is 6.04. The molecule has 2 aromatic carbocycles. The molecule has 1 unspecified atom stereocenters. The van der Waals surface area contributed by atoms with Crippen LogP contribution in [0.15, 0.2) is 54.7 Å². The van der Waals surface area contributed by atoms with E-state index in [-0.39, 0.29) is 18.0 Å². The van der Waals surface area contributed by atoms with Crippen molar-refractivity contribution in [1.29, 1.82) is 0 Å². The van der Waals surface area contributed by atoms with Crippen LogP contribution in [0.5, 0.6) is 5.75 Å². The number of carbonyl (C=O) groups excluding carboxylic acids is 2. The molecular weight excluding hydrogens is 390 g/mol. The molecular formula is C20H17N5O5. The Balaban J connectivity index is 1.48. The fraction of sp³-hybridized carbons (Fsp3) is 0.150. The van der Waals surface area contributed by atoms with E-state index in [0.29, 0.717) is 17.3 Å². The summed E-state index contributed by atoms with van der Waals surface area (Å²) in [4.78, 5) is 35.0. The molecule has 1 aromatic heterocycles. The predicted octanol–water partition coefficient (Wildman–Crippen LogP) is 2.99. The Bertz CT molecular complexity index is 1120. The fourth-order valence-electron chi connectivity index (χ4n) is 3.25. The lowest BCUT2D eigenvalue weighted by atomic mass is 10.1. The van der Waals surface area contributed by atoms with Crippen LogP contribution in [0.1, 0.15) is 12.5 Å². The number of nitrogens with zero attached hydrogens (tertiary/aromatic N) is 3. The molecule has 1 aliphatic rings. The van der Waals surface area contributed by atoms with Crippen molar-refractivity contribution in [2.45, 2.75) is 12.5 Å². The molecule has 30 heavy (non-hydrogen) atoms.